The molecule has 1 amide bonds. The Morgan fingerprint density at radius 3 is 2.73 bits per heavy atom. The first-order chi connectivity index (χ1) is 12.1. The summed E-state index contributed by atoms with van der Waals surface area (Å²) in [6.45, 7) is 0.741. The van der Waals surface area contributed by atoms with Gasteiger partial charge in [0.25, 0.3) is 0 Å². The zero-order valence-corrected chi connectivity index (χ0v) is 16.0. The Morgan fingerprint density at radius 1 is 1.19 bits per heavy atom. The Kier molecular flexibility index (Phi) is 6.75. The normalized spacial score (nSPS) is 12.8. The Bertz CT molecular complexity index is 780. The van der Waals surface area contributed by atoms with E-state index in [1.807, 2.05) is 41.3 Å². The molecule has 3 rings (SSSR count). The average molecular weight is 377 g/mol. The molecular formula is C20H25ClN2O3. The van der Waals surface area contributed by atoms with Gasteiger partial charge in [0.15, 0.2) is 0 Å². The number of rotatable bonds is 5. The number of nitrogens with two attached hydrogens (primary N) is 1. The lowest BCUT2D eigenvalue weighted by atomic mass is 9.99. The summed E-state index contributed by atoms with van der Waals surface area (Å²) >= 11 is 0. The number of ether oxygens (including phenoxy) is 2. The predicted octanol–water partition coefficient (Wildman–Crippen LogP) is 3.62. The van der Waals surface area contributed by atoms with Crippen molar-refractivity contribution in [2.75, 3.05) is 31.4 Å². The van der Waals surface area contributed by atoms with E-state index in [1.54, 1.807) is 14.2 Å². The van der Waals surface area contributed by atoms with Crippen LogP contribution in [0.5, 0.6) is 11.5 Å². The molecule has 2 aromatic carbocycles. The van der Waals surface area contributed by atoms with Gasteiger partial charge in [0, 0.05) is 24.3 Å². The number of anilines is 2. The highest BCUT2D eigenvalue weighted by Gasteiger charge is 2.23. The van der Waals surface area contributed by atoms with Crippen LogP contribution < -0.4 is 20.1 Å². The van der Waals surface area contributed by atoms with Crippen LogP contribution in [-0.2, 0) is 17.6 Å². The van der Waals surface area contributed by atoms with Crippen molar-refractivity contribution in [3.63, 3.8) is 0 Å². The number of fused-ring (bicyclic) bond motifs is 1. The van der Waals surface area contributed by atoms with E-state index in [-0.39, 0.29) is 18.3 Å². The van der Waals surface area contributed by atoms with Crippen LogP contribution in [-0.4, -0.2) is 26.7 Å². The van der Waals surface area contributed by atoms with Gasteiger partial charge >= 0.3 is 0 Å². The molecule has 0 fully saturated rings. The van der Waals surface area contributed by atoms with E-state index >= 15 is 0 Å². The van der Waals surface area contributed by atoms with Crippen LogP contribution in [0.1, 0.15) is 24.0 Å². The van der Waals surface area contributed by atoms with Crippen LogP contribution in [0.25, 0.3) is 0 Å². The molecule has 1 heterocycles. The van der Waals surface area contributed by atoms with Gasteiger partial charge in [0.05, 0.1) is 14.2 Å². The van der Waals surface area contributed by atoms with Crippen LogP contribution in [0.2, 0.25) is 0 Å². The molecule has 5 nitrogen and oxygen atoms in total. The van der Waals surface area contributed by atoms with E-state index in [2.05, 4.69) is 0 Å². The first-order valence-corrected chi connectivity index (χ1v) is 8.52. The minimum Gasteiger partial charge on any atom is -0.497 e. The smallest absolute Gasteiger partial charge is 0.227 e. The fraction of sp³-hybridized carbons (Fsp3) is 0.350. The highest BCUT2D eigenvalue weighted by molar-refractivity contribution is 5.95. The number of halogens is 1. The Morgan fingerprint density at radius 2 is 2.00 bits per heavy atom. The number of hydrogen-bond acceptors (Lipinski definition) is 4. The number of benzene rings is 2. The number of aryl methyl sites for hydroxylation is 1. The van der Waals surface area contributed by atoms with Crippen molar-refractivity contribution in [1.82, 2.24) is 0 Å². The molecule has 0 aliphatic carbocycles. The molecule has 0 atom stereocenters. The lowest BCUT2D eigenvalue weighted by molar-refractivity contribution is -0.118. The molecule has 0 bridgehead atoms. The van der Waals surface area contributed by atoms with E-state index in [1.165, 1.54) is 0 Å². The molecule has 2 N–H and O–H groups in total. The molecule has 0 saturated heterocycles. The van der Waals surface area contributed by atoms with Crippen molar-refractivity contribution in [3.8, 4) is 11.5 Å². The maximum atomic E-state index is 12.8. The second kappa shape index (κ2) is 8.81. The van der Waals surface area contributed by atoms with Crippen molar-refractivity contribution in [2.45, 2.75) is 25.7 Å². The maximum absolute atomic E-state index is 12.8. The third kappa shape index (κ3) is 4.05. The largest absolute Gasteiger partial charge is 0.497 e. The van der Waals surface area contributed by atoms with Gasteiger partial charge in [-0.25, -0.2) is 0 Å². The molecule has 26 heavy (non-hydrogen) atoms. The summed E-state index contributed by atoms with van der Waals surface area (Å²) in [6.07, 6.45) is 2.88. The number of methoxy groups -OCH3 is 2. The summed E-state index contributed by atoms with van der Waals surface area (Å²) in [5.41, 5.74) is 9.85. The highest BCUT2D eigenvalue weighted by atomic mass is 35.5. The number of nitrogen functional groups attached to an aromatic ring is 1. The number of amides is 1. The van der Waals surface area contributed by atoms with Gasteiger partial charge in [-0.05, 0) is 60.7 Å². The zero-order chi connectivity index (χ0) is 17.8. The van der Waals surface area contributed by atoms with E-state index in [0.717, 1.165) is 53.4 Å². The molecule has 0 radical (unpaired) electrons. The van der Waals surface area contributed by atoms with Crippen LogP contribution in [0.4, 0.5) is 11.4 Å². The molecule has 140 valence electrons. The van der Waals surface area contributed by atoms with Gasteiger partial charge in [-0.2, -0.15) is 0 Å². The van der Waals surface area contributed by atoms with Gasteiger partial charge in [0.2, 0.25) is 5.91 Å². The van der Waals surface area contributed by atoms with Gasteiger partial charge in [0.1, 0.15) is 11.5 Å². The van der Waals surface area contributed by atoms with Crippen LogP contribution in [0.3, 0.4) is 0 Å². The minimum absolute atomic E-state index is 0. The minimum atomic E-state index is 0. The number of nitrogens with zero attached hydrogens (tertiary/aromatic N) is 1. The van der Waals surface area contributed by atoms with E-state index in [0.29, 0.717) is 12.8 Å². The van der Waals surface area contributed by atoms with Crippen LogP contribution in [0, 0.1) is 0 Å². The van der Waals surface area contributed by atoms with E-state index in [4.69, 9.17) is 15.2 Å². The SMILES string of the molecule is COc1ccc(OC)c(CCC(=O)N2CCCc3c(N)cccc32)c1.Cl. The summed E-state index contributed by atoms with van der Waals surface area (Å²) in [5.74, 6) is 1.65. The quantitative estimate of drug-likeness (QED) is 0.809. The molecule has 0 unspecified atom stereocenters. The molecule has 0 spiro atoms. The molecule has 1 aliphatic heterocycles. The fourth-order valence-electron chi connectivity index (χ4n) is 3.36. The lowest BCUT2D eigenvalue weighted by Gasteiger charge is -2.30. The molecule has 2 aromatic rings. The van der Waals surface area contributed by atoms with Crippen molar-refractivity contribution >= 4 is 29.7 Å². The zero-order valence-electron chi connectivity index (χ0n) is 15.2. The Balaban J connectivity index is 0.00000243. The first-order valence-electron chi connectivity index (χ1n) is 8.52. The predicted molar refractivity (Wildman–Crippen MR) is 107 cm³/mol. The van der Waals surface area contributed by atoms with Crippen molar-refractivity contribution < 1.29 is 14.3 Å². The topological polar surface area (TPSA) is 64.8 Å². The molecule has 0 saturated carbocycles. The summed E-state index contributed by atoms with van der Waals surface area (Å²) < 4.78 is 10.7. The van der Waals surface area contributed by atoms with E-state index in [9.17, 15) is 4.79 Å². The van der Waals surface area contributed by atoms with Crippen LogP contribution in [0.15, 0.2) is 36.4 Å². The molecule has 1 aliphatic rings. The van der Waals surface area contributed by atoms with Crippen molar-refractivity contribution in [3.05, 3.63) is 47.5 Å². The van der Waals surface area contributed by atoms with Crippen molar-refractivity contribution in [1.29, 1.82) is 0 Å². The molecule has 6 heteroatoms. The van der Waals surface area contributed by atoms with Crippen LogP contribution >= 0.6 is 12.4 Å². The second-order valence-corrected chi connectivity index (χ2v) is 6.17. The maximum Gasteiger partial charge on any atom is 0.227 e. The Labute approximate surface area is 160 Å². The van der Waals surface area contributed by atoms with Gasteiger partial charge in [-0.3, -0.25) is 4.79 Å². The fourth-order valence-corrected chi connectivity index (χ4v) is 3.36. The molecule has 0 aromatic heterocycles. The number of carbonyl (C=O) groups excluding carboxylic acids is 1. The van der Waals surface area contributed by atoms with Crippen molar-refractivity contribution in [2.24, 2.45) is 0 Å². The third-order valence-electron chi connectivity index (χ3n) is 4.68. The summed E-state index contributed by atoms with van der Waals surface area (Å²) in [5, 5.41) is 0. The van der Waals surface area contributed by atoms with E-state index < -0.39 is 0 Å². The second-order valence-electron chi connectivity index (χ2n) is 6.17. The molecular weight excluding hydrogens is 352 g/mol. The highest BCUT2D eigenvalue weighted by Crippen LogP contribution is 2.32. The Hall–Kier alpha value is -2.40. The van der Waals surface area contributed by atoms with Gasteiger partial charge < -0.3 is 20.1 Å². The van der Waals surface area contributed by atoms with Gasteiger partial charge in [-0.1, -0.05) is 6.07 Å². The van der Waals surface area contributed by atoms with Gasteiger partial charge in [-0.15, -0.1) is 12.4 Å². The monoisotopic (exact) mass is 376 g/mol. The lowest BCUT2D eigenvalue weighted by Crippen LogP contribution is -2.35. The number of carbonyl (C=O) groups is 1. The third-order valence-corrected chi connectivity index (χ3v) is 4.68. The average Bonchev–Trinajstić information content (AvgIpc) is 2.65. The summed E-state index contributed by atoms with van der Waals surface area (Å²) in [7, 11) is 3.27. The summed E-state index contributed by atoms with van der Waals surface area (Å²) in [4.78, 5) is 14.7. The standard InChI is InChI=1S/C20H24N2O3.ClH/c1-24-15-9-10-19(25-2)14(13-15)8-11-20(23)22-12-4-5-16-17(21)6-3-7-18(16)22;/h3,6-7,9-10,13H,4-5,8,11-12,21H2,1-2H3;1H. The summed E-state index contributed by atoms with van der Waals surface area (Å²) in [6, 6.07) is 11.4. The number of hydrogen-bond donors (Lipinski definition) is 1. The first kappa shape index (κ1) is 19.9.